The predicted octanol–water partition coefficient (Wildman–Crippen LogP) is 1.59. The van der Waals surface area contributed by atoms with Gasteiger partial charge in [0.1, 0.15) is 11.3 Å². The number of aromatic carboxylic acids is 1. The molecule has 0 unspecified atom stereocenters. The quantitative estimate of drug-likeness (QED) is 0.509. The van der Waals surface area contributed by atoms with Crippen LogP contribution in [-0.2, 0) is 4.74 Å². The van der Waals surface area contributed by atoms with Gasteiger partial charge in [-0.3, -0.25) is 19.3 Å². The van der Waals surface area contributed by atoms with Crippen molar-refractivity contribution in [1.29, 1.82) is 0 Å². The number of fused-ring (bicyclic) bond motifs is 1. The first-order valence-corrected chi connectivity index (χ1v) is 8.20. The molecule has 3 amide bonds. The standard InChI is InChI=1S/C19H16N2O7/c1-28-7-6-21-17(24)12-4-2-10(8-13(12)18(21)25)16(23)20-11-3-5-15(22)14(9-11)19(26)27/h2-5,8-9,22H,6-7H2,1H3,(H,20,23)(H,26,27). The van der Waals surface area contributed by atoms with Crippen molar-refractivity contribution in [3.8, 4) is 5.75 Å². The lowest BCUT2D eigenvalue weighted by Crippen LogP contribution is -2.32. The van der Waals surface area contributed by atoms with Crippen molar-refractivity contribution in [2.45, 2.75) is 0 Å². The average Bonchev–Trinajstić information content (AvgIpc) is 2.91. The normalized spacial score (nSPS) is 12.8. The van der Waals surface area contributed by atoms with E-state index in [9.17, 15) is 24.3 Å². The fourth-order valence-corrected chi connectivity index (χ4v) is 2.81. The van der Waals surface area contributed by atoms with Gasteiger partial charge in [-0.15, -0.1) is 0 Å². The van der Waals surface area contributed by atoms with Gasteiger partial charge in [-0.2, -0.15) is 0 Å². The Morgan fingerprint density at radius 3 is 2.46 bits per heavy atom. The molecular weight excluding hydrogens is 368 g/mol. The number of imide groups is 1. The summed E-state index contributed by atoms with van der Waals surface area (Å²) in [6.45, 7) is 0.307. The molecule has 0 aliphatic carbocycles. The Morgan fingerprint density at radius 1 is 1.07 bits per heavy atom. The fourth-order valence-electron chi connectivity index (χ4n) is 2.81. The van der Waals surface area contributed by atoms with E-state index >= 15 is 0 Å². The molecule has 3 rings (SSSR count). The van der Waals surface area contributed by atoms with Crippen molar-refractivity contribution in [1.82, 2.24) is 4.90 Å². The number of phenols is 1. The fraction of sp³-hybridized carbons (Fsp3) is 0.158. The topological polar surface area (TPSA) is 133 Å². The van der Waals surface area contributed by atoms with Crippen LogP contribution in [0.4, 0.5) is 5.69 Å². The van der Waals surface area contributed by atoms with Gasteiger partial charge in [0.2, 0.25) is 0 Å². The summed E-state index contributed by atoms with van der Waals surface area (Å²) in [5.74, 6) is -3.33. The number of hydrogen-bond acceptors (Lipinski definition) is 6. The van der Waals surface area contributed by atoms with E-state index in [-0.39, 0.29) is 41.1 Å². The van der Waals surface area contributed by atoms with E-state index in [1.165, 1.54) is 31.4 Å². The molecular formula is C19H16N2O7. The summed E-state index contributed by atoms with van der Waals surface area (Å²) in [6, 6.07) is 7.72. The second kappa shape index (κ2) is 7.49. The predicted molar refractivity (Wildman–Crippen MR) is 96.7 cm³/mol. The van der Waals surface area contributed by atoms with Crippen molar-refractivity contribution < 1.29 is 34.1 Å². The maximum absolute atomic E-state index is 12.5. The van der Waals surface area contributed by atoms with E-state index in [0.29, 0.717) is 0 Å². The third kappa shape index (κ3) is 3.42. The Balaban J connectivity index is 1.83. The highest BCUT2D eigenvalue weighted by Gasteiger charge is 2.35. The first kappa shape index (κ1) is 19.1. The lowest BCUT2D eigenvalue weighted by Gasteiger charge is -2.12. The van der Waals surface area contributed by atoms with E-state index in [0.717, 1.165) is 17.0 Å². The van der Waals surface area contributed by atoms with E-state index < -0.39 is 29.4 Å². The number of carbonyl (C=O) groups excluding carboxylic acids is 3. The van der Waals surface area contributed by atoms with Crippen molar-refractivity contribution in [2.75, 3.05) is 25.6 Å². The largest absolute Gasteiger partial charge is 0.507 e. The van der Waals surface area contributed by atoms with Gasteiger partial charge in [0, 0.05) is 18.4 Å². The highest BCUT2D eigenvalue weighted by atomic mass is 16.5. The minimum atomic E-state index is -1.34. The van der Waals surface area contributed by atoms with Crippen LogP contribution < -0.4 is 5.32 Å². The van der Waals surface area contributed by atoms with Crippen molar-refractivity contribution >= 4 is 29.4 Å². The highest BCUT2D eigenvalue weighted by Crippen LogP contribution is 2.25. The molecule has 9 nitrogen and oxygen atoms in total. The number of aromatic hydroxyl groups is 1. The number of benzene rings is 2. The number of carboxylic acid groups (broad SMARTS) is 1. The molecule has 0 saturated carbocycles. The number of amides is 3. The van der Waals surface area contributed by atoms with Crippen LogP contribution >= 0.6 is 0 Å². The third-order valence-electron chi connectivity index (χ3n) is 4.24. The van der Waals surface area contributed by atoms with Gasteiger partial charge < -0.3 is 20.3 Å². The average molecular weight is 384 g/mol. The van der Waals surface area contributed by atoms with E-state index in [1.54, 1.807) is 0 Å². The second-order valence-electron chi connectivity index (χ2n) is 6.01. The number of anilines is 1. The van der Waals surface area contributed by atoms with Gasteiger partial charge in [0.05, 0.1) is 24.3 Å². The lowest BCUT2D eigenvalue weighted by molar-refractivity contribution is 0.0601. The molecule has 0 fully saturated rings. The number of carbonyl (C=O) groups is 4. The van der Waals surface area contributed by atoms with Crippen LogP contribution in [0.15, 0.2) is 36.4 Å². The Bertz CT molecular complexity index is 1000. The first-order chi connectivity index (χ1) is 13.3. The zero-order chi connectivity index (χ0) is 20.4. The minimum absolute atomic E-state index is 0.107. The Labute approximate surface area is 159 Å². The Kier molecular flexibility index (Phi) is 5.10. The summed E-state index contributed by atoms with van der Waals surface area (Å²) in [7, 11) is 1.46. The lowest BCUT2D eigenvalue weighted by atomic mass is 10.1. The van der Waals surface area contributed by atoms with Crippen LogP contribution in [-0.4, -0.2) is 59.1 Å². The summed E-state index contributed by atoms with van der Waals surface area (Å²) in [5, 5.41) is 21.1. The zero-order valence-electron chi connectivity index (χ0n) is 14.8. The number of carboxylic acids is 1. The van der Waals surface area contributed by atoms with Gasteiger partial charge >= 0.3 is 5.97 Å². The number of nitrogens with one attached hydrogen (secondary N) is 1. The molecule has 0 bridgehead atoms. The molecule has 0 radical (unpaired) electrons. The van der Waals surface area contributed by atoms with Gasteiger partial charge in [-0.25, -0.2) is 4.79 Å². The minimum Gasteiger partial charge on any atom is -0.507 e. The molecule has 0 saturated heterocycles. The molecule has 9 heteroatoms. The van der Waals surface area contributed by atoms with E-state index in [4.69, 9.17) is 9.84 Å². The molecule has 0 spiro atoms. The smallest absolute Gasteiger partial charge is 0.339 e. The van der Waals surface area contributed by atoms with Gasteiger partial charge in [-0.05, 0) is 36.4 Å². The third-order valence-corrected chi connectivity index (χ3v) is 4.24. The molecule has 0 aromatic heterocycles. The number of rotatable bonds is 6. The molecule has 1 heterocycles. The summed E-state index contributed by atoms with van der Waals surface area (Å²) < 4.78 is 4.89. The van der Waals surface area contributed by atoms with Crippen LogP contribution in [0, 0.1) is 0 Å². The van der Waals surface area contributed by atoms with Crippen molar-refractivity contribution in [3.05, 3.63) is 58.7 Å². The molecule has 1 aliphatic heterocycles. The number of ether oxygens (including phenoxy) is 1. The molecule has 2 aromatic rings. The summed E-state index contributed by atoms with van der Waals surface area (Å²) in [5.41, 5.74) is 0.241. The summed E-state index contributed by atoms with van der Waals surface area (Å²) in [4.78, 5) is 49.3. The molecule has 3 N–H and O–H groups in total. The summed E-state index contributed by atoms with van der Waals surface area (Å²) >= 11 is 0. The second-order valence-corrected chi connectivity index (χ2v) is 6.01. The van der Waals surface area contributed by atoms with Crippen LogP contribution in [0.3, 0.4) is 0 Å². The van der Waals surface area contributed by atoms with Gasteiger partial charge in [0.15, 0.2) is 0 Å². The summed E-state index contributed by atoms with van der Waals surface area (Å²) in [6.07, 6.45) is 0. The van der Waals surface area contributed by atoms with Crippen LogP contribution in [0.25, 0.3) is 0 Å². The first-order valence-electron chi connectivity index (χ1n) is 8.20. The maximum Gasteiger partial charge on any atom is 0.339 e. The maximum atomic E-state index is 12.5. The molecule has 1 aliphatic rings. The van der Waals surface area contributed by atoms with Crippen LogP contribution in [0.5, 0.6) is 5.75 Å². The highest BCUT2D eigenvalue weighted by molar-refractivity contribution is 6.22. The Hall–Kier alpha value is -3.72. The van der Waals surface area contributed by atoms with E-state index in [2.05, 4.69) is 5.32 Å². The van der Waals surface area contributed by atoms with Crippen LogP contribution in [0.1, 0.15) is 41.4 Å². The zero-order valence-corrected chi connectivity index (χ0v) is 14.8. The molecule has 144 valence electrons. The van der Waals surface area contributed by atoms with Crippen LogP contribution in [0.2, 0.25) is 0 Å². The molecule has 28 heavy (non-hydrogen) atoms. The Morgan fingerprint density at radius 2 is 1.79 bits per heavy atom. The molecule has 2 aromatic carbocycles. The monoisotopic (exact) mass is 384 g/mol. The van der Waals surface area contributed by atoms with Gasteiger partial charge in [-0.1, -0.05) is 0 Å². The SMILES string of the molecule is COCCN1C(=O)c2ccc(C(=O)Nc3ccc(O)c(C(=O)O)c3)cc2C1=O. The van der Waals surface area contributed by atoms with Crippen molar-refractivity contribution in [3.63, 3.8) is 0 Å². The number of hydrogen-bond donors (Lipinski definition) is 3. The van der Waals surface area contributed by atoms with Gasteiger partial charge in [0.25, 0.3) is 17.7 Å². The number of nitrogens with zero attached hydrogens (tertiary/aromatic N) is 1. The van der Waals surface area contributed by atoms with Crippen molar-refractivity contribution in [2.24, 2.45) is 0 Å². The van der Waals surface area contributed by atoms with E-state index in [1.807, 2.05) is 0 Å². The molecule has 0 atom stereocenters. The number of methoxy groups -OCH3 is 1.